The van der Waals surface area contributed by atoms with Crippen LogP contribution in [0, 0.1) is 23.7 Å². The molecule has 12 heteroatoms. The number of fused-ring (bicyclic) bond motifs is 1. The number of nitrogens with two attached hydrogens (primary N) is 2. The van der Waals surface area contributed by atoms with Crippen molar-refractivity contribution in [2.45, 2.75) is 52.4 Å². The Hall–Kier alpha value is -2.40. The molecule has 0 aliphatic heterocycles. The zero-order chi connectivity index (χ0) is 27.5. The van der Waals surface area contributed by atoms with Gasteiger partial charge in [-0.1, -0.05) is 29.3 Å². The van der Waals surface area contributed by atoms with Crippen molar-refractivity contribution in [1.29, 1.82) is 0 Å². The molecule has 0 heterocycles. The fourth-order valence-electron chi connectivity index (χ4n) is 3.89. The topological polar surface area (TPSA) is 179 Å². The molecule has 5 unspecified atom stereocenters. The molecule has 6 N–H and O–H groups in total. The number of ether oxygens (including phenoxy) is 2. The summed E-state index contributed by atoms with van der Waals surface area (Å²) >= 11 is 11.8. The molecule has 10 nitrogen and oxygen atoms in total. The molecular formula is C23H34Cl2N2O8. The Morgan fingerprint density at radius 3 is 2.06 bits per heavy atom. The monoisotopic (exact) mass is 536 g/mol. The standard InChI is InChI=1S/C15H16Cl2O4.C5H11NO2.C2H5NO.CH2O/c16-10-2-1-7(3-11(10)17)6-21-12-4-8-13(9(12)5-18)14(8)15(19)20;1-5(2,3)8-4(6)7;1-2(3)4;1-2/h1-3,8-9,12-14,18H,4-6H2,(H,19,20);1-3H3,(H2,6,7);1H3,(H2,3,4);1H2. The van der Waals surface area contributed by atoms with Gasteiger partial charge in [0.15, 0.2) is 0 Å². The van der Waals surface area contributed by atoms with E-state index in [4.69, 9.17) is 43.6 Å². The number of amides is 2. The van der Waals surface area contributed by atoms with Gasteiger partial charge in [-0.25, -0.2) is 4.79 Å². The number of aliphatic carboxylic acids is 1. The third kappa shape index (κ3) is 11.7. The highest BCUT2D eigenvalue weighted by molar-refractivity contribution is 6.42. The Bertz CT molecular complexity index is 858. The number of aliphatic hydroxyl groups excluding tert-OH is 1. The van der Waals surface area contributed by atoms with E-state index in [1.54, 1.807) is 32.9 Å². The molecule has 0 bridgehead atoms. The SMILES string of the molecule is C=O.CC(C)(C)OC(N)=O.CC(N)=O.O=C(O)C1C2CC(OCc3ccc(Cl)c(Cl)c3)C(CO)C21. The Labute approximate surface area is 214 Å². The fraction of sp³-hybridized carbons (Fsp3) is 0.565. The van der Waals surface area contributed by atoms with Crippen molar-refractivity contribution >= 4 is 48.0 Å². The van der Waals surface area contributed by atoms with Gasteiger partial charge in [0.05, 0.1) is 28.7 Å². The Balaban J connectivity index is 0.000000690. The lowest BCUT2D eigenvalue weighted by Gasteiger charge is -2.22. The molecular weight excluding hydrogens is 503 g/mol. The molecule has 1 aromatic carbocycles. The molecule has 3 rings (SSSR count). The number of hydrogen-bond acceptors (Lipinski definition) is 7. The molecule has 0 radical (unpaired) electrons. The molecule has 0 spiro atoms. The van der Waals surface area contributed by atoms with Gasteiger partial charge in [0.2, 0.25) is 5.91 Å². The summed E-state index contributed by atoms with van der Waals surface area (Å²) in [6, 6.07) is 5.32. The van der Waals surface area contributed by atoms with E-state index in [9.17, 15) is 19.5 Å². The van der Waals surface area contributed by atoms with Crippen LogP contribution in [0.2, 0.25) is 10.0 Å². The maximum Gasteiger partial charge on any atom is 0.405 e. The lowest BCUT2D eigenvalue weighted by molar-refractivity contribution is -0.140. The third-order valence-electron chi connectivity index (χ3n) is 5.06. The summed E-state index contributed by atoms with van der Waals surface area (Å²) < 4.78 is 10.4. The van der Waals surface area contributed by atoms with Gasteiger partial charge in [-0.15, -0.1) is 0 Å². The molecule has 198 valence electrons. The molecule has 2 saturated carbocycles. The summed E-state index contributed by atoms with van der Waals surface area (Å²) in [5, 5.41) is 19.6. The molecule has 2 aliphatic carbocycles. The van der Waals surface area contributed by atoms with E-state index in [0.717, 1.165) is 5.56 Å². The first-order chi connectivity index (χ1) is 16.2. The minimum atomic E-state index is -0.758. The lowest BCUT2D eigenvalue weighted by Crippen LogP contribution is -2.27. The lowest BCUT2D eigenvalue weighted by atomic mass is 9.98. The van der Waals surface area contributed by atoms with Crippen LogP contribution in [-0.2, 0) is 30.5 Å². The second kappa shape index (κ2) is 14.9. The van der Waals surface area contributed by atoms with Crippen LogP contribution in [0.1, 0.15) is 39.7 Å². The average Bonchev–Trinajstić information content (AvgIpc) is 3.31. The molecule has 5 atom stereocenters. The van der Waals surface area contributed by atoms with Crippen LogP contribution >= 0.6 is 23.2 Å². The average molecular weight is 537 g/mol. The van der Waals surface area contributed by atoms with E-state index in [0.29, 0.717) is 23.1 Å². The van der Waals surface area contributed by atoms with Gasteiger partial charge < -0.3 is 35.9 Å². The number of benzene rings is 1. The Kier molecular flexibility index (Phi) is 13.9. The van der Waals surface area contributed by atoms with Crippen LogP contribution in [0.15, 0.2) is 18.2 Å². The van der Waals surface area contributed by atoms with Crippen molar-refractivity contribution < 1.29 is 38.9 Å². The van der Waals surface area contributed by atoms with Gasteiger partial charge in [0.25, 0.3) is 0 Å². The van der Waals surface area contributed by atoms with Crippen molar-refractivity contribution in [1.82, 2.24) is 0 Å². The van der Waals surface area contributed by atoms with Gasteiger partial charge in [-0.2, -0.15) is 0 Å². The van der Waals surface area contributed by atoms with Gasteiger partial charge in [0.1, 0.15) is 12.4 Å². The number of carbonyl (C=O) groups excluding carboxylic acids is 3. The Morgan fingerprint density at radius 2 is 1.69 bits per heavy atom. The summed E-state index contributed by atoms with van der Waals surface area (Å²) in [5.41, 5.74) is 9.65. The van der Waals surface area contributed by atoms with Crippen LogP contribution in [0.25, 0.3) is 0 Å². The molecule has 35 heavy (non-hydrogen) atoms. The second-order valence-corrected chi connectivity index (χ2v) is 9.74. The highest BCUT2D eigenvalue weighted by Gasteiger charge is 2.65. The summed E-state index contributed by atoms with van der Waals surface area (Å²) in [5.74, 6) is -1.26. The highest BCUT2D eigenvalue weighted by atomic mass is 35.5. The first kappa shape index (κ1) is 32.6. The van der Waals surface area contributed by atoms with Crippen LogP contribution in [-0.4, -0.2) is 53.3 Å². The second-order valence-electron chi connectivity index (χ2n) is 8.93. The highest BCUT2D eigenvalue weighted by Crippen LogP contribution is 2.61. The van der Waals surface area contributed by atoms with E-state index >= 15 is 0 Å². The van der Waals surface area contributed by atoms with Crippen molar-refractivity contribution in [2.24, 2.45) is 35.1 Å². The van der Waals surface area contributed by atoms with E-state index in [1.165, 1.54) is 6.92 Å². The molecule has 2 amide bonds. The van der Waals surface area contributed by atoms with Crippen molar-refractivity contribution in [3.63, 3.8) is 0 Å². The Morgan fingerprint density at radius 1 is 1.14 bits per heavy atom. The molecule has 0 saturated heterocycles. The predicted molar refractivity (Wildman–Crippen MR) is 131 cm³/mol. The number of rotatable bonds is 5. The number of carbonyl (C=O) groups is 4. The summed E-state index contributed by atoms with van der Waals surface area (Å²) in [6.45, 7) is 8.94. The van der Waals surface area contributed by atoms with Crippen LogP contribution in [0.3, 0.4) is 0 Å². The van der Waals surface area contributed by atoms with Crippen molar-refractivity contribution in [2.75, 3.05) is 6.61 Å². The zero-order valence-electron chi connectivity index (χ0n) is 20.2. The summed E-state index contributed by atoms with van der Waals surface area (Å²) in [6.07, 6.45) is -0.110. The molecule has 2 aliphatic rings. The largest absolute Gasteiger partial charge is 0.481 e. The molecule has 2 fully saturated rings. The van der Waals surface area contributed by atoms with Crippen molar-refractivity contribution in [3.8, 4) is 0 Å². The normalized spacial score (nSPS) is 23.6. The number of hydrogen-bond donors (Lipinski definition) is 4. The smallest absolute Gasteiger partial charge is 0.405 e. The van der Waals surface area contributed by atoms with Gasteiger partial charge >= 0.3 is 12.1 Å². The number of carboxylic acids is 1. The van der Waals surface area contributed by atoms with Gasteiger partial charge in [0, 0.05) is 19.4 Å². The minimum Gasteiger partial charge on any atom is -0.481 e. The van der Waals surface area contributed by atoms with E-state index in [2.05, 4.69) is 10.5 Å². The number of primary amides is 2. The maximum atomic E-state index is 11.0. The number of halogens is 2. The maximum absolute atomic E-state index is 11.0. The van der Waals surface area contributed by atoms with E-state index < -0.39 is 17.7 Å². The third-order valence-corrected chi connectivity index (χ3v) is 5.80. The van der Waals surface area contributed by atoms with Crippen LogP contribution in [0.5, 0.6) is 0 Å². The predicted octanol–water partition coefficient (Wildman–Crippen LogP) is 3.02. The van der Waals surface area contributed by atoms with Crippen molar-refractivity contribution in [3.05, 3.63) is 33.8 Å². The molecule has 1 aromatic rings. The number of carboxylic acid groups (broad SMARTS) is 1. The molecule has 0 aromatic heterocycles. The summed E-state index contributed by atoms with van der Waals surface area (Å²) in [7, 11) is 0. The van der Waals surface area contributed by atoms with Crippen LogP contribution < -0.4 is 11.5 Å². The zero-order valence-corrected chi connectivity index (χ0v) is 21.7. The first-order valence-electron chi connectivity index (χ1n) is 10.6. The van der Waals surface area contributed by atoms with E-state index in [1.807, 2.05) is 12.9 Å². The first-order valence-corrected chi connectivity index (χ1v) is 11.4. The van der Waals surface area contributed by atoms with Gasteiger partial charge in [-0.05, 0) is 56.7 Å². The quantitative estimate of drug-likeness (QED) is 0.442. The van der Waals surface area contributed by atoms with E-state index in [-0.39, 0.29) is 42.3 Å². The van der Waals surface area contributed by atoms with Crippen LogP contribution in [0.4, 0.5) is 4.79 Å². The van der Waals surface area contributed by atoms with Gasteiger partial charge in [-0.3, -0.25) is 9.59 Å². The number of aliphatic hydroxyl groups is 1. The minimum absolute atomic E-state index is 0.0308. The fourth-order valence-corrected chi connectivity index (χ4v) is 4.21. The summed E-state index contributed by atoms with van der Waals surface area (Å²) in [4.78, 5) is 38.3.